The van der Waals surface area contributed by atoms with E-state index < -0.39 is 5.97 Å². The van der Waals surface area contributed by atoms with E-state index >= 15 is 0 Å². The van der Waals surface area contributed by atoms with Crippen molar-refractivity contribution in [2.75, 3.05) is 40.0 Å². The van der Waals surface area contributed by atoms with E-state index in [1.165, 1.54) is 49.8 Å². The normalized spacial score (nSPS) is 14.9. The first-order valence-electron chi connectivity index (χ1n) is 16.0. The van der Waals surface area contributed by atoms with Crippen molar-refractivity contribution in [2.24, 2.45) is 5.92 Å². The first kappa shape index (κ1) is 32.8. The van der Waals surface area contributed by atoms with Crippen LogP contribution in [0, 0.1) is 17.6 Å². The average molecular weight is 654 g/mol. The van der Waals surface area contributed by atoms with Gasteiger partial charge in [0.05, 0.1) is 19.3 Å². The lowest BCUT2D eigenvalue weighted by atomic mass is 9.90. The highest BCUT2D eigenvalue weighted by atomic mass is 19.1. The van der Waals surface area contributed by atoms with E-state index in [0.29, 0.717) is 40.7 Å². The van der Waals surface area contributed by atoms with Crippen molar-refractivity contribution >= 4 is 17.1 Å². The SMILES string of the molecule is CCNCC1=C(c2ccc(F)cc2)c2cc(OCC3CC3)ccc2OC1.COc1ccc2c(c1)C(c1ccc(F)cc1)=C(C(=O)O)CO2. The maximum absolute atomic E-state index is 13.4. The van der Waals surface area contributed by atoms with E-state index in [0.717, 1.165) is 47.9 Å². The van der Waals surface area contributed by atoms with Gasteiger partial charge in [-0.1, -0.05) is 31.2 Å². The predicted molar refractivity (Wildman–Crippen MR) is 180 cm³/mol. The molecule has 0 spiro atoms. The number of carboxylic acid groups (broad SMARTS) is 1. The molecule has 0 atom stereocenters. The van der Waals surface area contributed by atoms with Gasteiger partial charge in [0.2, 0.25) is 0 Å². The summed E-state index contributed by atoms with van der Waals surface area (Å²) < 4.78 is 49.2. The number of rotatable bonds is 10. The van der Waals surface area contributed by atoms with Crippen molar-refractivity contribution in [2.45, 2.75) is 19.8 Å². The zero-order chi connectivity index (χ0) is 33.6. The molecule has 2 heterocycles. The Morgan fingerprint density at radius 2 is 1.38 bits per heavy atom. The van der Waals surface area contributed by atoms with E-state index in [1.54, 1.807) is 30.3 Å². The molecule has 7 rings (SSSR count). The van der Waals surface area contributed by atoms with Gasteiger partial charge >= 0.3 is 5.97 Å². The highest BCUT2D eigenvalue weighted by molar-refractivity contribution is 6.03. The van der Waals surface area contributed by atoms with Crippen LogP contribution in [0.4, 0.5) is 8.78 Å². The molecule has 1 fully saturated rings. The molecular formula is C39H37F2NO6. The third-order valence-corrected chi connectivity index (χ3v) is 8.40. The second-order valence-electron chi connectivity index (χ2n) is 11.8. The molecule has 0 radical (unpaired) electrons. The third-order valence-electron chi connectivity index (χ3n) is 8.40. The molecule has 4 aromatic carbocycles. The molecule has 3 aliphatic rings. The molecule has 248 valence electrons. The minimum Gasteiger partial charge on any atom is -0.497 e. The number of halogens is 2. The number of likely N-dealkylation sites (N-methyl/N-ethyl adjacent to an activating group) is 1. The largest absolute Gasteiger partial charge is 0.497 e. The molecule has 9 heteroatoms. The van der Waals surface area contributed by atoms with Crippen LogP contribution in [0.5, 0.6) is 23.0 Å². The van der Waals surface area contributed by atoms with Crippen molar-refractivity contribution in [3.05, 3.63) is 130 Å². The molecule has 0 amide bonds. The van der Waals surface area contributed by atoms with Gasteiger partial charge in [-0.25, -0.2) is 13.6 Å². The lowest BCUT2D eigenvalue weighted by Gasteiger charge is -2.25. The number of hydrogen-bond donors (Lipinski definition) is 2. The quantitative estimate of drug-likeness (QED) is 0.183. The van der Waals surface area contributed by atoms with Crippen LogP contribution in [0.3, 0.4) is 0 Å². The molecule has 0 unspecified atom stereocenters. The van der Waals surface area contributed by atoms with E-state index in [1.807, 2.05) is 24.3 Å². The highest BCUT2D eigenvalue weighted by Gasteiger charge is 2.27. The van der Waals surface area contributed by atoms with Crippen molar-refractivity contribution in [3.8, 4) is 23.0 Å². The number of hydrogen-bond acceptors (Lipinski definition) is 6. The minimum absolute atomic E-state index is 0.0403. The van der Waals surface area contributed by atoms with Crippen molar-refractivity contribution in [1.82, 2.24) is 5.32 Å². The Hall–Kier alpha value is -5.15. The zero-order valence-corrected chi connectivity index (χ0v) is 26.9. The van der Waals surface area contributed by atoms with Crippen LogP contribution in [0.15, 0.2) is 96.1 Å². The Kier molecular flexibility index (Phi) is 10.1. The maximum atomic E-state index is 13.4. The molecule has 48 heavy (non-hydrogen) atoms. The van der Waals surface area contributed by atoms with Crippen LogP contribution in [0.1, 0.15) is 42.0 Å². The summed E-state index contributed by atoms with van der Waals surface area (Å²) in [5.74, 6) is 1.92. The topological polar surface area (TPSA) is 86.2 Å². The van der Waals surface area contributed by atoms with Crippen LogP contribution in [-0.2, 0) is 4.79 Å². The summed E-state index contributed by atoms with van der Waals surface area (Å²) in [6.07, 6.45) is 2.53. The first-order valence-corrected chi connectivity index (χ1v) is 16.0. The van der Waals surface area contributed by atoms with Crippen LogP contribution in [-0.4, -0.2) is 51.1 Å². The summed E-state index contributed by atoms with van der Waals surface area (Å²) in [6, 6.07) is 23.6. The fraction of sp³-hybridized carbons (Fsp3) is 0.256. The number of carbonyl (C=O) groups is 1. The Bertz CT molecular complexity index is 1850. The summed E-state index contributed by atoms with van der Waals surface area (Å²) in [5, 5.41) is 12.8. The minimum atomic E-state index is -1.06. The number of methoxy groups -OCH3 is 1. The lowest BCUT2D eigenvalue weighted by molar-refractivity contribution is -0.133. The van der Waals surface area contributed by atoms with Gasteiger partial charge in [0.15, 0.2) is 0 Å². The van der Waals surface area contributed by atoms with E-state index in [-0.39, 0.29) is 23.8 Å². The lowest BCUT2D eigenvalue weighted by Crippen LogP contribution is -2.23. The highest BCUT2D eigenvalue weighted by Crippen LogP contribution is 2.41. The smallest absolute Gasteiger partial charge is 0.335 e. The molecule has 7 nitrogen and oxygen atoms in total. The van der Waals surface area contributed by atoms with Gasteiger partial charge in [-0.2, -0.15) is 0 Å². The number of fused-ring (bicyclic) bond motifs is 2. The molecule has 0 saturated heterocycles. The van der Waals surface area contributed by atoms with E-state index in [4.69, 9.17) is 18.9 Å². The molecule has 1 aliphatic carbocycles. The second kappa shape index (κ2) is 14.7. The summed E-state index contributed by atoms with van der Waals surface area (Å²) in [7, 11) is 1.53. The monoisotopic (exact) mass is 653 g/mol. The van der Waals surface area contributed by atoms with Crippen molar-refractivity contribution in [1.29, 1.82) is 0 Å². The maximum Gasteiger partial charge on any atom is 0.335 e. The summed E-state index contributed by atoms with van der Waals surface area (Å²) in [5.41, 5.74) is 6.20. The standard InChI is InChI=1S/C22H24FNO2.C17H13FO4/c1-2-24-12-17-14-26-21-10-9-19(25-13-15-3-4-15)11-20(21)22(17)16-5-7-18(23)8-6-16;1-21-12-6-7-15-13(8-12)16(14(9-22-15)17(19)20)10-2-4-11(18)5-3-10/h5-11,15,24H,2-4,12-14H2,1H3;2-8H,9H2,1H3,(H,19,20). The van der Waals surface area contributed by atoms with Crippen molar-refractivity contribution < 1.29 is 37.6 Å². The molecule has 2 N–H and O–H groups in total. The first-order chi connectivity index (χ1) is 23.3. The average Bonchev–Trinajstić information content (AvgIpc) is 3.94. The van der Waals surface area contributed by atoms with E-state index in [2.05, 4.69) is 18.3 Å². The third kappa shape index (κ3) is 7.52. The van der Waals surface area contributed by atoms with Gasteiger partial charge in [-0.3, -0.25) is 0 Å². The molecule has 4 aromatic rings. The van der Waals surface area contributed by atoms with Crippen LogP contribution < -0.4 is 24.3 Å². The van der Waals surface area contributed by atoms with Gasteiger partial charge in [0.1, 0.15) is 47.8 Å². The molecule has 2 aliphatic heterocycles. The Morgan fingerprint density at radius 1 is 0.812 bits per heavy atom. The molecular weight excluding hydrogens is 616 g/mol. The zero-order valence-electron chi connectivity index (χ0n) is 26.9. The van der Waals surface area contributed by atoms with Gasteiger partial charge in [-0.15, -0.1) is 0 Å². The summed E-state index contributed by atoms with van der Waals surface area (Å²) in [4.78, 5) is 11.5. The Morgan fingerprint density at radius 3 is 1.96 bits per heavy atom. The van der Waals surface area contributed by atoms with Crippen molar-refractivity contribution in [3.63, 3.8) is 0 Å². The summed E-state index contributed by atoms with van der Waals surface area (Å²) >= 11 is 0. The Labute approximate surface area is 278 Å². The number of carboxylic acids is 1. The number of ether oxygens (including phenoxy) is 4. The van der Waals surface area contributed by atoms with Gasteiger partial charge in [0, 0.05) is 23.2 Å². The number of nitrogens with one attached hydrogen (secondary N) is 1. The van der Waals surface area contributed by atoms with Gasteiger partial charge < -0.3 is 29.4 Å². The number of benzene rings is 4. The Balaban J connectivity index is 0.000000170. The van der Waals surface area contributed by atoms with E-state index in [9.17, 15) is 18.7 Å². The van der Waals surface area contributed by atoms with Gasteiger partial charge in [-0.05, 0) is 108 Å². The fourth-order valence-corrected chi connectivity index (χ4v) is 5.69. The van der Waals surface area contributed by atoms with Crippen LogP contribution in [0.2, 0.25) is 0 Å². The van der Waals surface area contributed by atoms with Gasteiger partial charge in [0.25, 0.3) is 0 Å². The molecule has 1 saturated carbocycles. The molecule has 0 bridgehead atoms. The fourth-order valence-electron chi connectivity index (χ4n) is 5.69. The predicted octanol–water partition coefficient (Wildman–Crippen LogP) is 7.53. The summed E-state index contributed by atoms with van der Waals surface area (Å²) in [6.45, 7) is 4.99. The number of aliphatic carboxylic acids is 1. The van der Waals surface area contributed by atoms with Crippen LogP contribution in [0.25, 0.3) is 11.1 Å². The second-order valence-corrected chi connectivity index (χ2v) is 11.8. The van der Waals surface area contributed by atoms with Crippen LogP contribution >= 0.6 is 0 Å². The molecule has 0 aromatic heterocycles.